The van der Waals surface area contributed by atoms with E-state index in [0.29, 0.717) is 0 Å². The summed E-state index contributed by atoms with van der Waals surface area (Å²) in [6, 6.07) is 12.6. The highest BCUT2D eigenvalue weighted by Gasteiger charge is 2.13. The fraction of sp³-hybridized carbons (Fsp3) is 0.0769. The zero-order valence-electron chi connectivity index (χ0n) is 8.36. The van der Waals surface area contributed by atoms with Crippen LogP contribution in [0.1, 0.15) is 0 Å². The lowest BCUT2D eigenvalue weighted by Gasteiger charge is -2.01. The molecule has 3 rings (SSSR count). The number of rotatable bonds is 1. The van der Waals surface area contributed by atoms with Crippen molar-refractivity contribution in [3.8, 4) is 16.9 Å². The van der Waals surface area contributed by atoms with Gasteiger partial charge in [-0.05, 0) is 29.1 Å². The van der Waals surface area contributed by atoms with Crippen molar-refractivity contribution in [3.63, 3.8) is 0 Å². The van der Waals surface area contributed by atoms with Crippen LogP contribution in [0.5, 0.6) is 5.75 Å². The minimum atomic E-state index is 0.948. The Hall–Kier alpha value is -1.54. The molecule has 0 saturated heterocycles. The molecule has 0 saturated carbocycles. The van der Waals surface area contributed by atoms with E-state index in [1.54, 1.807) is 18.4 Å². The Bertz CT molecular complexity index is 582. The molecule has 1 aromatic rings. The van der Waals surface area contributed by atoms with Crippen molar-refractivity contribution in [1.29, 1.82) is 0 Å². The first-order valence-electron chi connectivity index (χ1n) is 4.83. The second-order valence-electron chi connectivity index (χ2n) is 3.46. The zero-order valence-corrected chi connectivity index (χ0v) is 9.17. The molecule has 15 heavy (non-hydrogen) atoms. The molecule has 0 aromatic carbocycles. The second-order valence-corrected chi connectivity index (χ2v) is 4.41. The van der Waals surface area contributed by atoms with Gasteiger partial charge in [-0.1, -0.05) is 18.2 Å². The Morgan fingerprint density at radius 2 is 2.00 bits per heavy atom. The van der Waals surface area contributed by atoms with Crippen molar-refractivity contribution < 1.29 is 4.74 Å². The van der Waals surface area contributed by atoms with Gasteiger partial charge in [0.15, 0.2) is 0 Å². The molecule has 0 fully saturated rings. The molecule has 0 N–H and O–H groups in total. The van der Waals surface area contributed by atoms with Crippen molar-refractivity contribution in [3.05, 3.63) is 41.8 Å². The van der Waals surface area contributed by atoms with Crippen LogP contribution in [0, 0.1) is 0 Å². The van der Waals surface area contributed by atoms with Crippen LogP contribution in [-0.4, -0.2) is 7.11 Å². The van der Waals surface area contributed by atoms with Crippen molar-refractivity contribution in [2.24, 2.45) is 0 Å². The summed E-state index contributed by atoms with van der Waals surface area (Å²) < 4.78 is 6.76. The second kappa shape index (κ2) is 3.24. The van der Waals surface area contributed by atoms with E-state index in [1.165, 1.54) is 21.2 Å². The Kier molecular flexibility index (Phi) is 1.89. The number of ether oxygens (including phenoxy) is 1. The number of methoxy groups -OCH3 is 1. The summed E-state index contributed by atoms with van der Waals surface area (Å²) in [6.07, 6.45) is 0. The molecule has 0 bridgehead atoms. The van der Waals surface area contributed by atoms with Crippen LogP contribution in [0.4, 0.5) is 0 Å². The molecule has 2 aliphatic rings. The van der Waals surface area contributed by atoms with Gasteiger partial charge in [-0.25, -0.2) is 0 Å². The van der Waals surface area contributed by atoms with Gasteiger partial charge < -0.3 is 4.74 Å². The van der Waals surface area contributed by atoms with E-state index in [2.05, 4.69) is 29.6 Å². The lowest BCUT2D eigenvalue weighted by Crippen LogP contribution is -1.82. The zero-order chi connectivity index (χ0) is 10.3. The summed E-state index contributed by atoms with van der Waals surface area (Å²) >= 11 is 1.77. The van der Waals surface area contributed by atoms with Gasteiger partial charge in [0.05, 0.1) is 7.11 Å². The molecule has 0 spiro atoms. The minimum absolute atomic E-state index is 0.948. The fourth-order valence-electron chi connectivity index (χ4n) is 1.97. The number of hydrogen-bond donors (Lipinski definition) is 0. The van der Waals surface area contributed by atoms with Crippen LogP contribution in [0.3, 0.4) is 0 Å². The highest BCUT2D eigenvalue weighted by molar-refractivity contribution is 7.17. The average molecular weight is 214 g/mol. The maximum atomic E-state index is 5.43. The SMILES string of the molecule is COc1ccccc2cc3sccc3c1-2. The third kappa shape index (κ3) is 1.22. The molecule has 1 heterocycles. The first-order chi connectivity index (χ1) is 7.40. The molecular weight excluding hydrogens is 204 g/mol. The van der Waals surface area contributed by atoms with E-state index >= 15 is 0 Å². The summed E-state index contributed by atoms with van der Waals surface area (Å²) in [7, 11) is 1.72. The third-order valence-corrected chi connectivity index (χ3v) is 3.50. The molecule has 0 atom stereocenters. The van der Waals surface area contributed by atoms with E-state index < -0.39 is 0 Å². The molecular formula is C13H10OS. The molecule has 0 amide bonds. The van der Waals surface area contributed by atoms with Crippen molar-refractivity contribution in [2.45, 2.75) is 0 Å². The summed E-state index contributed by atoms with van der Waals surface area (Å²) in [5.74, 6) is 0.948. The molecule has 74 valence electrons. The largest absolute Gasteiger partial charge is 0.496 e. The lowest BCUT2D eigenvalue weighted by molar-refractivity contribution is 0.417. The first kappa shape index (κ1) is 8.74. The summed E-state index contributed by atoms with van der Waals surface area (Å²) in [5.41, 5.74) is 2.47. The predicted octanol–water partition coefficient (Wildman–Crippen LogP) is 4.01. The van der Waals surface area contributed by atoms with Crippen LogP contribution in [0.2, 0.25) is 0 Å². The predicted molar refractivity (Wildman–Crippen MR) is 65.0 cm³/mol. The highest BCUT2D eigenvalue weighted by atomic mass is 32.1. The van der Waals surface area contributed by atoms with Crippen molar-refractivity contribution >= 4 is 21.4 Å². The summed E-state index contributed by atoms with van der Waals surface area (Å²) in [6.45, 7) is 0. The van der Waals surface area contributed by atoms with Crippen LogP contribution in [0.15, 0.2) is 41.8 Å². The van der Waals surface area contributed by atoms with Crippen molar-refractivity contribution in [2.75, 3.05) is 7.11 Å². The van der Waals surface area contributed by atoms with Gasteiger partial charge in [-0.15, -0.1) is 11.3 Å². The Labute approximate surface area is 92.3 Å². The Balaban J connectivity index is 2.50. The van der Waals surface area contributed by atoms with Gasteiger partial charge in [0, 0.05) is 15.6 Å². The number of thiophene rings is 1. The maximum absolute atomic E-state index is 5.43. The highest BCUT2D eigenvalue weighted by Crippen LogP contribution is 2.41. The molecule has 0 aliphatic heterocycles. The quantitative estimate of drug-likeness (QED) is 0.594. The van der Waals surface area contributed by atoms with E-state index in [1.807, 2.05) is 12.1 Å². The summed E-state index contributed by atoms with van der Waals surface area (Å²) in [5, 5.41) is 3.42. The standard InChI is InChI=1S/C13H10OS/c1-14-11-5-3-2-4-9-8-12-10(13(9)11)6-7-15-12/h2-8H,1H3. The van der Waals surface area contributed by atoms with Crippen LogP contribution >= 0.6 is 11.3 Å². The Morgan fingerprint density at radius 3 is 2.87 bits per heavy atom. The lowest BCUT2D eigenvalue weighted by atomic mass is 10.1. The van der Waals surface area contributed by atoms with Gasteiger partial charge >= 0.3 is 0 Å². The van der Waals surface area contributed by atoms with E-state index in [9.17, 15) is 0 Å². The number of fused-ring (bicyclic) bond motifs is 3. The smallest absolute Gasteiger partial charge is 0.127 e. The third-order valence-electron chi connectivity index (χ3n) is 2.64. The number of hydrogen-bond acceptors (Lipinski definition) is 2. The van der Waals surface area contributed by atoms with Crippen LogP contribution < -0.4 is 4.74 Å². The van der Waals surface area contributed by atoms with Gasteiger partial charge in [-0.2, -0.15) is 0 Å². The van der Waals surface area contributed by atoms with Gasteiger partial charge in [-0.3, -0.25) is 0 Å². The van der Waals surface area contributed by atoms with E-state index in [0.717, 1.165) is 5.75 Å². The summed E-state index contributed by atoms with van der Waals surface area (Å²) in [4.78, 5) is 0. The average Bonchev–Trinajstić information content (AvgIpc) is 2.74. The molecule has 2 aliphatic carbocycles. The van der Waals surface area contributed by atoms with E-state index in [-0.39, 0.29) is 0 Å². The first-order valence-corrected chi connectivity index (χ1v) is 5.71. The molecule has 1 aromatic heterocycles. The minimum Gasteiger partial charge on any atom is -0.496 e. The Morgan fingerprint density at radius 1 is 1.13 bits per heavy atom. The molecule has 2 heteroatoms. The topological polar surface area (TPSA) is 9.23 Å². The monoisotopic (exact) mass is 214 g/mol. The van der Waals surface area contributed by atoms with Gasteiger partial charge in [0.25, 0.3) is 0 Å². The molecule has 1 nitrogen and oxygen atoms in total. The van der Waals surface area contributed by atoms with Gasteiger partial charge in [0.2, 0.25) is 0 Å². The van der Waals surface area contributed by atoms with Crippen LogP contribution in [-0.2, 0) is 0 Å². The molecule has 0 radical (unpaired) electrons. The van der Waals surface area contributed by atoms with Gasteiger partial charge in [0.1, 0.15) is 5.75 Å². The van der Waals surface area contributed by atoms with Crippen molar-refractivity contribution in [1.82, 2.24) is 0 Å². The molecule has 0 unspecified atom stereocenters. The maximum Gasteiger partial charge on any atom is 0.127 e. The van der Waals surface area contributed by atoms with Crippen LogP contribution in [0.25, 0.3) is 21.2 Å². The fourth-order valence-corrected chi connectivity index (χ4v) is 2.81. The normalized spacial score (nSPS) is 11.0. The van der Waals surface area contributed by atoms with E-state index in [4.69, 9.17) is 4.74 Å².